The van der Waals surface area contributed by atoms with Crippen molar-refractivity contribution in [3.05, 3.63) is 78.6 Å². The number of nitrogens with one attached hydrogen (secondary N) is 1. The average molecular weight is 333 g/mol. The highest BCUT2D eigenvalue weighted by Gasteiger charge is 2.15. The summed E-state index contributed by atoms with van der Waals surface area (Å²) in [5.41, 5.74) is 2.14. The van der Waals surface area contributed by atoms with E-state index in [0.29, 0.717) is 22.6 Å². The van der Waals surface area contributed by atoms with Gasteiger partial charge >= 0.3 is 0 Å². The molecule has 4 rings (SSSR count). The highest BCUT2D eigenvalue weighted by molar-refractivity contribution is 6.03. The van der Waals surface area contributed by atoms with E-state index >= 15 is 0 Å². The Morgan fingerprint density at radius 3 is 2.64 bits per heavy atom. The number of amides is 1. The van der Waals surface area contributed by atoms with Crippen LogP contribution in [0.25, 0.3) is 16.9 Å². The van der Waals surface area contributed by atoms with Crippen LogP contribution in [0.2, 0.25) is 0 Å². The van der Waals surface area contributed by atoms with Gasteiger partial charge in [0.1, 0.15) is 5.82 Å². The fourth-order valence-electron chi connectivity index (χ4n) is 2.47. The molecule has 0 atom stereocenters. The molecule has 4 aromatic rings. The number of imidazole rings is 1. The van der Waals surface area contributed by atoms with Gasteiger partial charge in [-0.05, 0) is 36.4 Å². The zero-order valence-corrected chi connectivity index (χ0v) is 12.9. The molecule has 0 unspecified atom stereocenters. The minimum atomic E-state index is -0.378. The largest absolute Gasteiger partial charge is 0.320 e. The lowest BCUT2D eigenvalue weighted by Crippen LogP contribution is -2.15. The van der Waals surface area contributed by atoms with E-state index in [1.807, 2.05) is 0 Å². The van der Waals surface area contributed by atoms with Crippen molar-refractivity contribution in [2.45, 2.75) is 0 Å². The van der Waals surface area contributed by atoms with Crippen LogP contribution >= 0.6 is 0 Å². The fourth-order valence-corrected chi connectivity index (χ4v) is 2.47. The maximum absolute atomic E-state index is 14.0. The Balaban J connectivity index is 1.74. The van der Waals surface area contributed by atoms with Crippen molar-refractivity contribution < 1.29 is 9.18 Å². The van der Waals surface area contributed by atoms with Gasteiger partial charge in [0.2, 0.25) is 0 Å². The summed E-state index contributed by atoms with van der Waals surface area (Å²) in [4.78, 5) is 20.6. The van der Waals surface area contributed by atoms with Crippen molar-refractivity contribution in [2.24, 2.45) is 0 Å². The van der Waals surface area contributed by atoms with Crippen LogP contribution in [0.1, 0.15) is 10.5 Å². The van der Waals surface area contributed by atoms with E-state index in [-0.39, 0.29) is 17.4 Å². The van der Waals surface area contributed by atoms with Crippen LogP contribution in [0.15, 0.2) is 67.1 Å². The lowest BCUT2D eigenvalue weighted by atomic mass is 10.1. The van der Waals surface area contributed by atoms with E-state index in [4.69, 9.17) is 0 Å². The number of hydrogen-bond donors (Lipinski definition) is 1. The smallest absolute Gasteiger partial charge is 0.276 e. The first-order valence-electron chi connectivity index (χ1n) is 7.53. The topological polar surface area (TPSA) is 72.2 Å². The SMILES string of the molecule is O=C(Nc1ccncc1)c1cnc2ccc(-c3ccccc3F)nn12. The van der Waals surface area contributed by atoms with E-state index in [2.05, 4.69) is 20.4 Å². The number of carbonyl (C=O) groups excluding carboxylic acids is 1. The minimum Gasteiger partial charge on any atom is -0.320 e. The summed E-state index contributed by atoms with van der Waals surface area (Å²) in [5.74, 6) is -0.742. The molecule has 122 valence electrons. The second kappa shape index (κ2) is 6.12. The predicted octanol–water partition coefficient (Wildman–Crippen LogP) is 3.18. The van der Waals surface area contributed by atoms with Gasteiger partial charge in [0.15, 0.2) is 11.3 Å². The number of benzene rings is 1. The van der Waals surface area contributed by atoms with Gasteiger partial charge in [0, 0.05) is 23.6 Å². The van der Waals surface area contributed by atoms with E-state index in [0.717, 1.165) is 0 Å². The molecule has 0 spiro atoms. The molecule has 1 amide bonds. The number of nitrogens with zero attached hydrogens (tertiary/aromatic N) is 4. The second-order valence-electron chi connectivity index (χ2n) is 5.30. The number of rotatable bonds is 3. The Labute approximate surface area is 142 Å². The second-order valence-corrected chi connectivity index (χ2v) is 5.30. The summed E-state index contributed by atoms with van der Waals surface area (Å²) < 4.78 is 15.4. The molecule has 0 saturated heterocycles. The van der Waals surface area contributed by atoms with Gasteiger partial charge in [0.05, 0.1) is 11.9 Å². The first kappa shape index (κ1) is 14.9. The summed E-state index contributed by atoms with van der Waals surface area (Å²) in [6.45, 7) is 0. The lowest BCUT2D eigenvalue weighted by Gasteiger charge is -2.06. The fraction of sp³-hybridized carbons (Fsp3) is 0. The third kappa shape index (κ3) is 2.83. The number of hydrogen-bond acceptors (Lipinski definition) is 4. The molecule has 0 fully saturated rings. The third-order valence-corrected chi connectivity index (χ3v) is 3.68. The summed E-state index contributed by atoms with van der Waals surface area (Å²) in [5, 5.41) is 7.12. The van der Waals surface area contributed by atoms with Crippen molar-refractivity contribution >= 4 is 17.2 Å². The summed E-state index contributed by atoms with van der Waals surface area (Å²) in [6, 6.07) is 13.1. The Kier molecular flexibility index (Phi) is 3.66. The van der Waals surface area contributed by atoms with E-state index in [9.17, 15) is 9.18 Å². The van der Waals surface area contributed by atoms with Crippen molar-refractivity contribution in [2.75, 3.05) is 5.32 Å². The summed E-state index contributed by atoms with van der Waals surface area (Å²) >= 11 is 0. The third-order valence-electron chi connectivity index (χ3n) is 3.68. The van der Waals surface area contributed by atoms with Crippen LogP contribution < -0.4 is 5.32 Å². The maximum atomic E-state index is 14.0. The number of aromatic nitrogens is 4. The Bertz CT molecular complexity index is 1060. The zero-order chi connectivity index (χ0) is 17.2. The Hall–Kier alpha value is -3.61. The standard InChI is InChI=1S/C18H12FN5O/c19-14-4-2-1-3-13(14)15-5-6-17-21-11-16(24(17)23-15)18(25)22-12-7-9-20-10-8-12/h1-11H,(H,20,22,25). The Morgan fingerprint density at radius 1 is 1.04 bits per heavy atom. The molecular formula is C18H12FN5O. The van der Waals surface area contributed by atoms with Gasteiger partial charge in [0.25, 0.3) is 5.91 Å². The number of pyridine rings is 1. The molecule has 6 nitrogen and oxygen atoms in total. The molecule has 7 heteroatoms. The highest BCUT2D eigenvalue weighted by Crippen LogP contribution is 2.21. The normalized spacial score (nSPS) is 10.8. The molecular weight excluding hydrogens is 321 g/mol. The number of halogens is 1. The van der Waals surface area contributed by atoms with Crippen LogP contribution in [0.5, 0.6) is 0 Å². The Morgan fingerprint density at radius 2 is 1.84 bits per heavy atom. The molecule has 25 heavy (non-hydrogen) atoms. The van der Waals surface area contributed by atoms with Crippen LogP contribution in [0.3, 0.4) is 0 Å². The van der Waals surface area contributed by atoms with Crippen LogP contribution in [0.4, 0.5) is 10.1 Å². The van der Waals surface area contributed by atoms with E-state index in [1.54, 1.807) is 54.9 Å². The molecule has 0 aliphatic heterocycles. The number of carbonyl (C=O) groups is 1. The van der Waals surface area contributed by atoms with Crippen molar-refractivity contribution in [3.8, 4) is 11.3 Å². The molecule has 0 aliphatic carbocycles. The number of anilines is 1. The molecule has 0 aliphatic rings. The van der Waals surface area contributed by atoms with Crippen molar-refractivity contribution in [3.63, 3.8) is 0 Å². The summed E-state index contributed by atoms with van der Waals surface area (Å²) in [7, 11) is 0. The van der Waals surface area contributed by atoms with Crippen LogP contribution in [0, 0.1) is 5.82 Å². The molecule has 1 N–H and O–H groups in total. The van der Waals surface area contributed by atoms with E-state index < -0.39 is 0 Å². The summed E-state index contributed by atoms with van der Waals surface area (Å²) in [6.07, 6.45) is 4.60. The van der Waals surface area contributed by atoms with Crippen LogP contribution in [-0.4, -0.2) is 25.5 Å². The molecule has 0 saturated carbocycles. The van der Waals surface area contributed by atoms with Gasteiger partial charge < -0.3 is 5.32 Å². The van der Waals surface area contributed by atoms with Gasteiger partial charge in [-0.3, -0.25) is 9.78 Å². The van der Waals surface area contributed by atoms with Crippen molar-refractivity contribution in [1.82, 2.24) is 19.6 Å². The zero-order valence-electron chi connectivity index (χ0n) is 12.9. The molecule has 3 heterocycles. The molecule has 0 bridgehead atoms. The van der Waals surface area contributed by atoms with Gasteiger partial charge in [-0.25, -0.2) is 13.9 Å². The van der Waals surface area contributed by atoms with Crippen molar-refractivity contribution in [1.29, 1.82) is 0 Å². The quantitative estimate of drug-likeness (QED) is 0.625. The number of fused-ring (bicyclic) bond motifs is 1. The lowest BCUT2D eigenvalue weighted by molar-refractivity contribution is 0.102. The predicted molar refractivity (Wildman–Crippen MR) is 90.6 cm³/mol. The van der Waals surface area contributed by atoms with Gasteiger partial charge in [-0.15, -0.1) is 0 Å². The van der Waals surface area contributed by atoms with Gasteiger partial charge in [-0.1, -0.05) is 12.1 Å². The molecule has 1 aromatic carbocycles. The highest BCUT2D eigenvalue weighted by atomic mass is 19.1. The maximum Gasteiger partial charge on any atom is 0.276 e. The molecule has 3 aromatic heterocycles. The molecule has 0 radical (unpaired) electrons. The minimum absolute atomic E-state index is 0.255. The first-order chi connectivity index (χ1) is 12.2. The van der Waals surface area contributed by atoms with Gasteiger partial charge in [-0.2, -0.15) is 5.10 Å². The monoisotopic (exact) mass is 333 g/mol. The van der Waals surface area contributed by atoms with Crippen LogP contribution in [-0.2, 0) is 0 Å². The average Bonchev–Trinajstić information content (AvgIpc) is 3.06. The first-order valence-corrected chi connectivity index (χ1v) is 7.53. The van der Waals surface area contributed by atoms with E-state index in [1.165, 1.54) is 16.8 Å².